The van der Waals surface area contributed by atoms with E-state index in [1.54, 1.807) is 49.4 Å². The van der Waals surface area contributed by atoms with Gasteiger partial charge in [-0.15, -0.1) is 0 Å². The van der Waals surface area contributed by atoms with Crippen LogP contribution in [0.25, 0.3) is 0 Å². The number of carbonyl (C=O) groups is 2. The topological polar surface area (TPSA) is 96.0 Å². The van der Waals surface area contributed by atoms with Gasteiger partial charge in [-0.1, -0.05) is 49.1 Å². The fourth-order valence-electron chi connectivity index (χ4n) is 4.36. The van der Waals surface area contributed by atoms with Gasteiger partial charge in [-0.2, -0.15) is 0 Å². The summed E-state index contributed by atoms with van der Waals surface area (Å²) in [6.45, 7) is 1.30. The van der Waals surface area contributed by atoms with E-state index in [0.29, 0.717) is 16.5 Å². The van der Waals surface area contributed by atoms with Crippen LogP contribution in [0, 0.1) is 0 Å². The first-order valence-electron chi connectivity index (χ1n) is 12.0. The summed E-state index contributed by atoms with van der Waals surface area (Å²) < 4.78 is 31.6. The van der Waals surface area contributed by atoms with E-state index in [1.807, 2.05) is 6.07 Å². The summed E-state index contributed by atoms with van der Waals surface area (Å²) >= 11 is 6.15. The first-order chi connectivity index (χ1) is 17.1. The van der Waals surface area contributed by atoms with Gasteiger partial charge < -0.3 is 15.0 Å². The average Bonchev–Trinajstić information content (AvgIpc) is 2.85. The number of nitrogens with zero attached hydrogens (tertiary/aromatic N) is 2. The summed E-state index contributed by atoms with van der Waals surface area (Å²) in [7, 11) is -2.33. The predicted octanol–water partition coefficient (Wildman–Crippen LogP) is 3.98. The number of benzene rings is 2. The standard InChI is InChI=1S/C26H34ClN3O5S/c1-19(26(32)28-22-11-5-4-6-12-22)29(17-20-9-7-10-21(27)15-20)25(31)18-30(36(3,33)34)23-13-8-14-24(16-23)35-2/h7-10,13-16,19,22H,4-6,11-12,17-18H2,1-3H3,(H,28,32)/t19-/m1/s1. The van der Waals surface area contributed by atoms with Gasteiger partial charge in [-0.25, -0.2) is 8.42 Å². The Morgan fingerprint density at radius 1 is 1.11 bits per heavy atom. The number of sulfonamides is 1. The van der Waals surface area contributed by atoms with E-state index < -0.39 is 28.5 Å². The van der Waals surface area contributed by atoms with Gasteiger partial charge in [0.25, 0.3) is 0 Å². The van der Waals surface area contributed by atoms with Crippen LogP contribution in [0.2, 0.25) is 5.02 Å². The van der Waals surface area contributed by atoms with Crippen LogP contribution in [0.3, 0.4) is 0 Å². The second-order valence-corrected chi connectivity index (χ2v) is 11.5. The molecule has 2 aromatic carbocycles. The van der Waals surface area contributed by atoms with E-state index in [0.717, 1.165) is 48.2 Å². The lowest BCUT2D eigenvalue weighted by atomic mass is 9.95. The number of anilines is 1. The number of halogens is 1. The first kappa shape index (κ1) is 27.8. The number of carbonyl (C=O) groups excluding carboxylic acids is 2. The zero-order valence-electron chi connectivity index (χ0n) is 20.9. The van der Waals surface area contributed by atoms with E-state index in [1.165, 1.54) is 12.0 Å². The zero-order valence-corrected chi connectivity index (χ0v) is 22.5. The van der Waals surface area contributed by atoms with Gasteiger partial charge in [0.15, 0.2) is 0 Å². The summed E-state index contributed by atoms with van der Waals surface area (Å²) in [6, 6.07) is 12.8. The third-order valence-electron chi connectivity index (χ3n) is 6.38. The number of hydrogen-bond acceptors (Lipinski definition) is 5. The van der Waals surface area contributed by atoms with Crippen molar-refractivity contribution in [2.24, 2.45) is 0 Å². The molecule has 1 aliphatic carbocycles. The van der Waals surface area contributed by atoms with E-state index in [4.69, 9.17) is 16.3 Å². The Kier molecular flexibility index (Phi) is 9.62. The van der Waals surface area contributed by atoms with Crippen molar-refractivity contribution in [3.8, 4) is 5.75 Å². The molecular formula is C26H34ClN3O5S. The molecule has 1 saturated carbocycles. The lowest BCUT2D eigenvalue weighted by Crippen LogP contribution is -2.52. The molecule has 2 aromatic rings. The minimum Gasteiger partial charge on any atom is -0.497 e. The summed E-state index contributed by atoms with van der Waals surface area (Å²) in [5.74, 6) is -0.302. The van der Waals surface area contributed by atoms with E-state index in [-0.39, 0.29) is 18.5 Å². The highest BCUT2D eigenvalue weighted by atomic mass is 35.5. The quantitative estimate of drug-likeness (QED) is 0.496. The van der Waals surface area contributed by atoms with Crippen LogP contribution in [0.4, 0.5) is 5.69 Å². The molecule has 1 N–H and O–H groups in total. The van der Waals surface area contributed by atoms with Gasteiger partial charge in [-0.05, 0) is 49.6 Å². The van der Waals surface area contributed by atoms with Crippen LogP contribution in [-0.2, 0) is 26.2 Å². The summed E-state index contributed by atoms with van der Waals surface area (Å²) in [4.78, 5) is 28.2. The van der Waals surface area contributed by atoms with E-state index >= 15 is 0 Å². The molecule has 1 fully saturated rings. The lowest BCUT2D eigenvalue weighted by molar-refractivity contribution is -0.139. The molecule has 2 amide bonds. The molecule has 10 heteroatoms. The molecule has 8 nitrogen and oxygen atoms in total. The van der Waals surface area contributed by atoms with Crippen LogP contribution in [-0.4, -0.2) is 57.1 Å². The van der Waals surface area contributed by atoms with Crippen LogP contribution >= 0.6 is 11.6 Å². The SMILES string of the molecule is COc1cccc(N(CC(=O)N(Cc2cccc(Cl)c2)[C@H](C)C(=O)NC2CCCCC2)S(C)(=O)=O)c1. The Morgan fingerprint density at radius 2 is 1.81 bits per heavy atom. The summed E-state index contributed by atoms with van der Waals surface area (Å²) in [5.41, 5.74) is 1.03. The molecule has 0 spiro atoms. The highest BCUT2D eigenvalue weighted by molar-refractivity contribution is 7.92. The molecule has 3 rings (SSSR count). The number of rotatable bonds is 10. The minimum absolute atomic E-state index is 0.0844. The first-order valence-corrected chi connectivity index (χ1v) is 14.3. The number of methoxy groups -OCH3 is 1. The highest BCUT2D eigenvalue weighted by Crippen LogP contribution is 2.24. The largest absolute Gasteiger partial charge is 0.497 e. The van der Waals surface area contributed by atoms with Crippen molar-refractivity contribution in [2.75, 3.05) is 24.2 Å². The Bertz CT molecular complexity index is 1170. The predicted molar refractivity (Wildman–Crippen MR) is 142 cm³/mol. The van der Waals surface area contributed by atoms with Crippen LogP contribution in [0.5, 0.6) is 5.75 Å². The fourth-order valence-corrected chi connectivity index (χ4v) is 5.42. The van der Waals surface area contributed by atoms with Gasteiger partial charge >= 0.3 is 0 Å². The van der Waals surface area contributed by atoms with Gasteiger partial charge in [0.05, 0.1) is 19.1 Å². The highest BCUT2D eigenvalue weighted by Gasteiger charge is 2.31. The third-order valence-corrected chi connectivity index (χ3v) is 7.76. The second kappa shape index (κ2) is 12.5. The van der Waals surface area contributed by atoms with Gasteiger partial charge in [-0.3, -0.25) is 13.9 Å². The molecule has 36 heavy (non-hydrogen) atoms. The van der Waals surface area contributed by atoms with Crippen molar-refractivity contribution in [3.63, 3.8) is 0 Å². The Balaban J connectivity index is 1.88. The van der Waals surface area contributed by atoms with Gasteiger partial charge in [0, 0.05) is 23.7 Å². The summed E-state index contributed by atoms with van der Waals surface area (Å²) in [5, 5.41) is 3.58. The Morgan fingerprint density at radius 3 is 2.44 bits per heavy atom. The van der Waals surface area contributed by atoms with Crippen LogP contribution < -0.4 is 14.4 Å². The Hall–Kier alpha value is -2.78. The second-order valence-electron chi connectivity index (χ2n) is 9.14. The number of hydrogen-bond donors (Lipinski definition) is 1. The molecule has 1 aliphatic rings. The molecule has 0 radical (unpaired) electrons. The molecule has 0 aliphatic heterocycles. The van der Waals surface area contributed by atoms with Crippen LogP contribution in [0.15, 0.2) is 48.5 Å². The average molecular weight is 536 g/mol. The van der Waals surface area contributed by atoms with Gasteiger partial charge in [0.2, 0.25) is 21.8 Å². The van der Waals surface area contributed by atoms with Crippen molar-refractivity contribution < 1.29 is 22.7 Å². The molecule has 1 atom stereocenters. The maximum Gasteiger partial charge on any atom is 0.244 e. The smallest absolute Gasteiger partial charge is 0.244 e. The van der Waals surface area contributed by atoms with Crippen molar-refractivity contribution in [1.29, 1.82) is 0 Å². The van der Waals surface area contributed by atoms with E-state index in [9.17, 15) is 18.0 Å². The maximum absolute atomic E-state index is 13.6. The van der Waals surface area contributed by atoms with Crippen molar-refractivity contribution in [2.45, 2.75) is 57.7 Å². The maximum atomic E-state index is 13.6. The summed E-state index contributed by atoms with van der Waals surface area (Å²) in [6.07, 6.45) is 6.16. The molecule has 0 bridgehead atoms. The lowest BCUT2D eigenvalue weighted by Gasteiger charge is -2.33. The Labute approximate surface area is 218 Å². The number of amides is 2. The fraction of sp³-hybridized carbons (Fsp3) is 0.462. The monoisotopic (exact) mass is 535 g/mol. The molecule has 0 unspecified atom stereocenters. The number of ether oxygens (including phenoxy) is 1. The molecule has 0 heterocycles. The molecule has 196 valence electrons. The van der Waals surface area contributed by atoms with E-state index in [2.05, 4.69) is 5.32 Å². The zero-order chi connectivity index (χ0) is 26.3. The molecule has 0 saturated heterocycles. The molecular weight excluding hydrogens is 502 g/mol. The molecule has 0 aromatic heterocycles. The van der Waals surface area contributed by atoms with Crippen LogP contribution in [0.1, 0.15) is 44.6 Å². The van der Waals surface area contributed by atoms with Crippen molar-refractivity contribution >= 4 is 39.1 Å². The third kappa shape index (κ3) is 7.61. The normalized spacial score (nSPS) is 15.1. The van der Waals surface area contributed by atoms with Crippen molar-refractivity contribution in [3.05, 3.63) is 59.1 Å². The minimum atomic E-state index is -3.81. The van der Waals surface area contributed by atoms with Gasteiger partial charge in [0.1, 0.15) is 18.3 Å². The van der Waals surface area contributed by atoms with Crippen molar-refractivity contribution in [1.82, 2.24) is 10.2 Å². The number of nitrogens with one attached hydrogen (secondary N) is 1.